The van der Waals surface area contributed by atoms with E-state index in [1.165, 1.54) is 17.5 Å². The van der Waals surface area contributed by atoms with Gasteiger partial charge in [-0.15, -0.1) is 0 Å². The van der Waals surface area contributed by atoms with Gasteiger partial charge in [0.2, 0.25) is 0 Å². The number of ether oxygens (including phenoxy) is 1. The van der Waals surface area contributed by atoms with Crippen LogP contribution in [0.15, 0.2) is 66.9 Å². The zero-order valence-corrected chi connectivity index (χ0v) is 18.1. The van der Waals surface area contributed by atoms with Gasteiger partial charge in [-0.3, -0.25) is 9.88 Å². The predicted molar refractivity (Wildman–Crippen MR) is 119 cm³/mol. The van der Waals surface area contributed by atoms with Gasteiger partial charge < -0.3 is 9.84 Å². The minimum Gasteiger partial charge on any atom is -0.393 e. The second-order valence-electron chi connectivity index (χ2n) is 7.98. The zero-order valence-electron chi connectivity index (χ0n) is 18.1. The van der Waals surface area contributed by atoms with Crippen molar-refractivity contribution in [2.75, 3.05) is 32.8 Å². The van der Waals surface area contributed by atoms with Gasteiger partial charge in [0.15, 0.2) is 0 Å². The van der Waals surface area contributed by atoms with Crippen LogP contribution in [0.25, 0.3) is 10.9 Å². The lowest BCUT2D eigenvalue weighted by Gasteiger charge is -2.32. The standard InChI is InChI=1S/C16H22F3NO2.C9H7N/c1-12(21)10-13(11-20-6-8-22-9-7-20)14-4-2-3-5-15(14)16(17,18)19;1-2-6-9-8(4-1)5-3-7-10-9/h2-5,12-13,21H,6-11H2,1H3;1-7H. The smallest absolute Gasteiger partial charge is 0.393 e. The molecule has 32 heavy (non-hydrogen) atoms. The number of aliphatic hydroxyl groups excluding tert-OH is 1. The summed E-state index contributed by atoms with van der Waals surface area (Å²) >= 11 is 0. The van der Waals surface area contributed by atoms with Crippen molar-refractivity contribution in [3.05, 3.63) is 78.0 Å². The molecule has 0 amide bonds. The van der Waals surface area contributed by atoms with E-state index in [4.69, 9.17) is 4.74 Å². The number of benzene rings is 2. The molecule has 1 N–H and O–H groups in total. The molecular weight excluding hydrogens is 417 g/mol. The summed E-state index contributed by atoms with van der Waals surface area (Å²) in [6.07, 6.45) is -2.90. The van der Waals surface area contributed by atoms with Crippen molar-refractivity contribution in [1.82, 2.24) is 9.88 Å². The van der Waals surface area contributed by atoms with Crippen LogP contribution in [0.5, 0.6) is 0 Å². The van der Waals surface area contributed by atoms with Crippen LogP contribution in [0.4, 0.5) is 13.2 Å². The Morgan fingerprint density at radius 3 is 2.34 bits per heavy atom. The first kappa shape index (κ1) is 24.2. The van der Waals surface area contributed by atoms with Crippen molar-refractivity contribution >= 4 is 10.9 Å². The first-order valence-electron chi connectivity index (χ1n) is 10.8. The van der Waals surface area contributed by atoms with Crippen molar-refractivity contribution in [2.45, 2.75) is 31.5 Å². The van der Waals surface area contributed by atoms with E-state index in [1.807, 2.05) is 30.5 Å². The van der Waals surface area contributed by atoms with Gasteiger partial charge in [-0.2, -0.15) is 13.2 Å². The lowest BCUT2D eigenvalue weighted by atomic mass is 9.89. The van der Waals surface area contributed by atoms with Crippen molar-refractivity contribution in [1.29, 1.82) is 0 Å². The number of nitrogens with zero attached hydrogens (tertiary/aromatic N) is 2. The van der Waals surface area contributed by atoms with E-state index in [0.29, 0.717) is 39.3 Å². The Balaban J connectivity index is 0.000000238. The minimum absolute atomic E-state index is 0.266. The molecule has 4 nitrogen and oxygen atoms in total. The molecule has 2 heterocycles. The molecule has 0 aliphatic carbocycles. The van der Waals surface area contributed by atoms with Gasteiger partial charge in [-0.05, 0) is 43.0 Å². The summed E-state index contributed by atoms with van der Waals surface area (Å²) in [6.45, 7) is 4.74. The van der Waals surface area contributed by atoms with Crippen LogP contribution in [0, 0.1) is 0 Å². The third-order valence-electron chi connectivity index (χ3n) is 5.43. The van der Waals surface area contributed by atoms with Gasteiger partial charge in [0.1, 0.15) is 0 Å². The molecule has 0 saturated carbocycles. The number of pyridine rings is 1. The molecule has 0 spiro atoms. The summed E-state index contributed by atoms with van der Waals surface area (Å²) in [5.74, 6) is -0.351. The number of halogens is 3. The Bertz CT molecular complexity index is 907. The summed E-state index contributed by atoms with van der Waals surface area (Å²) in [7, 11) is 0. The van der Waals surface area contributed by atoms with Crippen molar-refractivity contribution < 1.29 is 23.0 Å². The van der Waals surface area contributed by atoms with Crippen molar-refractivity contribution in [2.24, 2.45) is 0 Å². The van der Waals surface area contributed by atoms with E-state index in [-0.39, 0.29) is 11.5 Å². The number of fused-ring (bicyclic) bond motifs is 1. The Morgan fingerprint density at radius 2 is 1.66 bits per heavy atom. The van der Waals surface area contributed by atoms with E-state index >= 15 is 0 Å². The van der Waals surface area contributed by atoms with Gasteiger partial charge in [0.05, 0.1) is 30.4 Å². The van der Waals surface area contributed by atoms with E-state index in [0.717, 1.165) is 11.6 Å². The van der Waals surface area contributed by atoms with Crippen LogP contribution in [-0.2, 0) is 10.9 Å². The Kier molecular flexibility index (Phi) is 8.61. The number of aliphatic hydroxyl groups is 1. The highest BCUT2D eigenvalue weighted by molar-refractivity contribution is 5.77. The Morgan fingerprint density at radius 1 is 1.00 bits per heavy atom. The number of hydrogen-bond donors (Lipinski definition) is 1. The minimum atomic E-state index is -4.38. The summed E-state index contributed by atoms with van der Waals surface area (Å²) in [6, 6.07) is 17.8. The molecule has 0 bridgehead atoms. The number of para-hydroxylation sites is 1. The number of morpholine rings is 1. The molecule has 7 heteroatoms. The summed E-state index contributed by atoms with van der Waals surface area (Å²) in [4.78, 5) is 6.28. The van der Waals surface area contributed by atoms with Crippen LogP contribution >= 0.6 is 0 Å². The second kappa shape index (κ2) is 11.4. The van der Waals surface area contributed by atoms with Gasteiger partial charge >= 0.3 is 6.18 Å². The molecule has 3 aromatic rings. The summed E-state index contributed by atoms with van der Waals surface area (Å²) < 4.78 is 45.0. The van der Waals surface area contributed by atoms with Crippen molar-refractivity contribution in [3.8, 4) is 0 Å². The summed E-state index contributed by atoms with van der Waals surface area (Å²) in [5, 5.41) is 10.9. The van der Waals surface area contributed by atoms with E-state index in [2.05, 4.69) is 22.0 Å². The van der Waals surface area contributed by atoms with Gasteiger partial charge in [-0.25, -0.2) is 0 Å². The fourth-order valence-corrected chi connectivity index (χ4v) is 3.93. The van der Waals surface area contributed by atoms with E-state index in [1.54, 1.807) is 13.0 Å². The first-order chi connectivity index (χ1) is 15.3. The average molecular weight is 447 g/mol. The highest BCUT2D eigenvalue weighted by atomic mass is 19.4. The molecule has 0 radical (unpaired) electrons. The van der Waals surface area contributed by atoms with Gasteiger partial charge in [-0.1, -0.05) is 42.5 Å². The molecule has 4 rings (SSSR count). The largest absolute Gasteiger partial charge is 0.416 e. The maximum Gasteiger partial charge on any atom is 0.416 e. The van der Waals surface area contributed by atoms with E-state index < -0.39 is 17.8 Å². The second-order valence-corrected chi connectivity index (χ2v) is 7.98. The number of rotatable bonds is 5. The fourth-order valence-electron chi connectivity index (χ4n) is 3.93. The van der Waals surface area contributed by atoms with Crippen LogP contribution in [0.3, 0.4) is 0 Å². The van der Waals surface area contributed by atoms with Crippen LogP contribution in [-0.4, -0.2) is 53.9 Å². The number of hydrogen-bond acceptors (Lipinski definition) is 4. The number of alkyl halides is 3. The molecule has 1 aliphatic rings. The molecule has 2 atom stereocenters. The lowest BCUT2D eigenvalue weighted by Crippen LogP contribution is -2.39. The van der Waals surface area contributed by atoms with Crippen LogP contribution in [0.2, 0.25) is 0 Å². The van der Waals surface area contributed by atoms with E-state index in [9.17, 15) is 18.3 Å². The quantitative estimate of drug-likeness (QED) is 0.591. The average Bonchev–Trinajstić information content (AvgIpc) is 2.79. The normalized spacial score (nSPS) is 16.8. The molecule has 172 valence electrons. The molecule has 1 fully saturated rings. The highest BCUT2D eigenvalue weighted by Crippen LogP contribution is 2.37. The van der Waals surface area contributed by atoms with Crippen LogP contribution < -0.4 is 0 Å². The highest BCUT2D eigenvalue weighted by Gasteiger charge is 2.35. The molecule has 1 saturated heterocycles. The predicted octanol–water partition coefficient (Wildman–Crippen LogP) is 5.13. The third-order valence-corrected chi connectivity index (χ3v) is 5.43. The first-order valence-corrected chi connectivity index (χ1v) is 10.8. The third kappa shape index (κ3) is 7.02. The SMILES string of the molecule is CC(O)CC(CN1CCOCC1)c1ccccc1C(F)(F)F.c1ccc2ncccc2c1. The Hall–Kier alpha value is -2.48. The lowest BCUT2D eigenvalue weighted by molar-refractivity contribution is -0.138. The monoisotopic (exact) mass is 446 g/mol. The zero-order chi connectivity index (χ0) is 23.0. The maximum absolute atomic E-state index is 13.2. The molecule has 2 aromatic carbocycles. The van der Waals surface area contributed by atoms with Gasteiger partial charge in [0.25, 0.3) is 0 Å². The number of aromatic nitrogens is 1. The van der Waals surface area contributed by atoms with Crippen LogP contribution in [0.1, 0.15) is 30.4 Å². The molecule has 1 aromatic heterocycles. The summed E-state index contributed by atoms with van der Waals surface area (Å²) in [5.41, 5.74) is 0.723. The maximum atomic E-state index is 13.2. The molecule has 1 aliphatic heterocycles. The van der Waals surface area contributed by atoms with Gasteiger partial charge in [0, 0.05) is 31.2 Å². The fraction of sp³-hybridized carbons (Fsp3) is 0.400. The van der Waals surface area contributed by atoms with Crippen molar-refractivity contribution in [3.63, 3.8) is 0 Å². The Labute approximate surface area is 186 Å². The topological polar surface area (TPSA) is 45.6 Å². The molecule has 2 unspecified atom stereocenters. The molecular formula is C25H29F3N2O2.